The van der Waals surface area contributed by atoms with Gasteiger partial charge in [-0.1, -0.05) is 12.1 Å². The lowest BCUT2D eigenvalue weighted by Gasteiger charge is -2.47. The predicted octanol–water partition coefficient (Wildman–Crippen LogP) is -2.25. The molecule has 0 amide bonds. The lowest BCUT2D eigenvalue weighted by molar-refractivity contribution is -0.362. The highest BCUT2D eigenvalue weighted by Gasteiger charge is 2.53. The van der Waals surface area contributed by atoms with Crippen molar-refractivity contribution in [2.24, 2.45) is 0 Å². The van der Waals surface area contributed by atoms with Crippen LogP contribution in [0.2, 0.25) is 0 Å². The largest absolute Gasteiger partial charge is 0.504 e. The molecule has 3 heterocycles. The number of esters is 1. The van der Waals surface area contributed by atoms with E-state index in [9.17, 15) is 55.9 Å². The van der Waals surface area contributed by atoms with E-state index < -0.39 is 105 Å². The molecule has 2 aromatic rings. The Balaban J connectivity index is 1.42. The summed E-state index contributed by atoms with van der Waals surface area (Å²) in [7, 11) is 1.34. The molecule has 19 heteroatoms. The first kappa shape index (κ1) is 41.5. The van der Waals surface area contributed by atoms with Crippen LogP contribution in [0.25, 0.3) is 6.08 Å². The van der Waals surface area contributed by atoms with Crippen molar-refractivity contribution in [3.8, 4) is 23.0 Å². The summed E-state index contributed by atoms with van der Waals surface area (Å²) in [5.41, 5.74) is 0.964. The van der Waals surface area contributed by atoms with Crippen LogP contribution in [0.5, 0.6) is 23.0 Å². The van der Waals surface area contributed by atoms with E-state index in [1.807, 2.05) is 0 Å². The lowest BCUT2D eigenvalue weighted by Crippen LogP contribution is -2.65. The molecule has 0 radical (unpaired) electrons. The van der Waals surface area contributed by atoms with Gasteiger partial charge in [-0.2, -0.15) is 0 Å². The molecule has 0 spiro atoms. The van der Waals surface area contributed by atoms with Gasteiger partial charge in [0.2, 0.25) is 0 Å². The second-order valence-corrected chi connectivity index (χ2v) is 13.0. The number of hydrogen-bond donors (Lipinski definition) is 10. The number of methoxy groups -OCH3 is 1. The zero-order valence-electron chi connectivity index (χ0n) is 29.2. The van der Waals surface area contributed by atoms with Crippen molar-refractivity contribution in [1.82, 2.24) is 0 Å². The molecule has 3 saturated heterocycles. The normalized spacial score (nSPS) is 35.9. The van der Waals surface area contributed by atoms with Gasteiger partial charge in [0.1, 0.15) is 54.9 Å². The fraction of sp³-hybridized carbons (Fsp3) is 0.571. The highest BCUT2D eigenvalue weighted by molar-refractivity contribution is 5.87. The molecule has 0 saturated carbocycles. The summed E-state index contributed by atoms with van der Waals surface area (Å²) in [5.74, 6) is -1.72. The smallest absolute Gasteiger partial charge is 0.331 e. The molecule has 0 bridgehead atoms. The third-order valence-corrected chi connectivity index (χ3v) is 9.17. The Morgan fingerprint density at radius 3 is 2.22 bits per heavy atom. The van der Waals surface area contributed by atoms with E-state index in [0.717, 1.165) is 6.08 Å². The molecule has 0 aliphatic carbocycles. The molecule has 3 fully saturated rings. The second-order valence-electron chi connectivity index (χ2n) is 13.0. The Bertz CT molecular complexity index is 1570. The Kier molecular flexibility index (Phi) is 14.1. The van der Waals surface area contributed by atoms with E-state index in [1.54, 1.807) is 0 Å². The summed E-state index contributed by atoms with van der Waals surface area (Å²) in [6.45, 7) is 0.285. The summed E-state index contributed by atoms with van der Waals surface area (Å²) in [6.07, 6.45) is -19.6. The van der Waals surface area contributed by atoms with Crippen molar-refractivity contribution in [3.05, 3.63) is 53.6 Å². The van der Waals surface area contributed by atoms with Crippen molar-refractivity contribution in [3.63, 3.8) is 0 Å². The number of phenols is 3. The van der Waals surface area contributed by atoms with Crippen LogP contribution in [0, 0.1) is 0 Å². The molecule has 5 rings (SSSR count). The van der Waals surface area contributed by atoms with Crippen LogP contribution in [0.15, 0.2) is 42.5 Å². The molecule has 0 aromatic heterocycles. The summed E-state index contributed by atoms with van der Waals surface area (Å²) >= 11 is 0. The maximum atomic E-state index is 13.3. The van der Waals surface area contributed by atoms with E-state index in [4.69, 9.17) is 37.9 Å². The number of rotatable bonds is 13. The topological polar surface area (TPSA) is 293 Å². The van der Waals surface area contributed by atoms with Crippen LogP contribution in [0.3, 0.4) is 0 Å². The Morgan fingerprint density at radius 1 is 0.778 bits per heavy atom. The van der Waals surface area contributed by atoms with Crippen molar-refractivity contribution in [2.45, 2.75) is 99.4 Å². The minimum atomic E-state index is -1.85. The molecule has 0 unspecified atom stereocenters. The van der Waals surface area contributed by atoms with Crippen molar-refractivity contribution < 1.29 is 93.8 Å². The zero-order chi connectivity index (χ0) is 39.3. The maximum absolute atomic E-state index is 13.3. The average molecular weight is 771 g/mol. The number of hydrogen-bond acceptors (Lipinski definition) is 19. The van der Waals surface area contributed by atoms with Crippen LogP contribution in [0.1, 0.15) is 18.1 Å². The first-order chi connectivity index (χ1) is 25.7. The Labute approximate surface area is 308 Å². The predicted molar refractivity (Wildman–Crippen MR) is 179 cm³/mol. The molecule has 300 valence electrons. The fourth-order valence-corrected chi connectivity index (χ4v) is 6.01. The molecule has 3 aliphatic rings. The SMILES string of the molecule is COc1cc(/C=C/C(=O)O[C@H]2[C@H](O[C@@H]3O[C@@H](C)[C@H](O)[C@@H](O)[C@H]3O)[C@@H](O)[C@H](OCCc3ccc(O)c(O)c3)O[C@@H]2CO[C@H]2OC[C@H](O)[C@H](O)[C@H]2O)ccc1O. The van der Waals surface area contributed by atoms with Gasteiger partial charge in [-0.05, 0) is 54.8 Å². The van der Waals surface area contributed by atoms with Gasteiger partial charge >= 0.3 is 5.97 Å². The van der Waals surface area contributed by atoms with E-state index in [-0.39, 0.29) is 36.0 Å². The lowest BCUT2D eigenvalue weighted by atomic mass is 9.96. The van der Waals surface area contributed by atoms with Gasteiger partial charge in [0.15, 0.2) is 48.0 Å². The number of ether oxygens (including phenoxy) is 8. The minimum Gasteiger partial charge on any atom is -0.504 e. The van der Waals surface area contributed by atoms with Gasteiger partial charge in [-0.15, -0.1) is 0 Å². The first-order valence-corrected chi connectivity index (χ1v) is 17.0. The van der Waals surface area contributed by atoms with Crippen LogP contribution >= 0.6 is 0 Å². The number of carbonyl (C=O) groups excluding carboxylic acids is 1. The van der Waals surface area contributed by atoms with Gasteiger partial charge in [-0.3, -0.25) is 0 Å². The second kappa shape index (κ2) is 18.3. The maximum Gasteiger partial charge on any atom is 0.331 e. The highest BCUT2D eigenvalue weighted by atomic mass is 16.8. The van der Waals surface area contributed by atoms with Crippen LogP contribution in [0.4, 0.5) is 0 Å². The first-order valence-electron chi connectivity index (χ1n) is 17.0. The Hall–Kier alpha value is -3.67. The number of aliphatic hydroxyl groups excluding tert-OH is 7. The Morgan fingerprint density at radius 2 is 1.50 bits per heavy atom. The number of aliphatic hydroxyl groups is 7. The number of aromatic hydroxyl groups is 3. The summed E-state index contributed by atoms with van der Waals surface area (Å²) < 4.78 is 45.4. The molecular weight excluding hydrogens is 724 g/mol. The van der Waals surface area contributed by atoms with E-state index >= 15 is 0 Å². The summed E-state index contributed by atoms with van der Waals surface area (Å²) in [5, 5.41) is 103. The van der Waals surface area contributed by atoms with Crippen LogP contribution in [-0.4, -0.2) is 170 Å². The number of phenolic OH excluding ortho intramolecular Hbond substituents is 3. The van der Waals surface area contributed by atoms with Crippen molar-refractivity contribution in [1.29, 1.82) is 0 Å². The fourth-order valence-electron chi connectivity index (χ4n) is 6.01. The quantitative estimate of drug-likeness (QED) is 0.0585. The monoisotopic (exact) mass is 770 g/mol. The van der Waals surface area contributed by atoms with Gasteiger partial charge in [0, 0.05) is 6.08 Å². The highest BCUT2D eigenvalue weighted by Crippen LogP contribution is 2.33. The van der Waals surface area contributed by atoms with Gasteiger partial charge < -0.3 is 89.0 Å². The minimum absolute atomic E-state index is 0.130. The van der Waals surface area contributed by atoms with E-state index in [0.29, 0.717) is 11.1 Å². The molecule has 10 N–H and O–H groups in total. The van der Waals surface area contributed by atoms with E-state index in [1.165, 1.54) is 56.5 Å². The number of benzene rings is 2. The molecule has 14 atom stereocenters. The molecule has 2 aromatic carbocycles. The molecule has 19 nitrogen and oxygen atoms in total. The van der Waals surface area contributed by atoms with Gasteiger partial charge in [0.05, 0.1) is 33.0 Å². The van der Waals surface area contributed by atoms with Crippen molar-refractivity contribution in [2.75, 3.05) is 26.9 Å². The van der Waals surface area contributed by atoms with Gasteiger partial charge in [0.25, 0.3) is 0 Å². The van der Waals surface area contributed by atoms with E-state index in [2.05, 4.69) is 0 Å². The molecule has 54 heavy (non-hydrogen) atoms. The number of carbonyl (C=O) groups is 1. The summed E-state index contributed by atoms with van der Waals surface area (Å²) in [6, 6.07) is 8.39. The molecular formula is C35H46O19. The standard InChI is InChI=1S/C35H46O19/c1-15-25(41)27(43)29(45)35(51-15)54-32-30(46)34(48-10-9-17-3-6-18(36)20(38)11-17)52-23(14-50-33-28(44)26(42)21(39)13-49-33)31(32)53-24(40)8-5-16-4-7-19(37)22(12-16)47-2/h3-8,11-12,15,21,23,25-39,41-46H,9-10,13-14H2,1-2H3/b8-5+/t15-,21-,23+,25-,26-,27+,28+,29+,30+,31+,32+,33+,34+,35-/m0/s1. The van der Waals surface area contributed by atoms with Crippen molar-refractivity contribution >= 4 is 12.0 Å². The summed E-state index contributed by atoms with van der Waals surface area (Å²) in [4.78, 5) is 13.3. The third kappa shape index (κ3) is 9.76. The molecule has 3 aliphatic heterocycles. The average Bonchev–Trinajstić information content (AvgIpc) is 3.15. The zero-order valence-corrected chi connectivity index (χ0v) is 29.2. The third-order valence-electron chi connectivity index (χ3n) is 9.17. The van der Waals surface area contributed by atoms with Crippen LogP contribution < -0.4 is 4.74 Å². The van der Waals surface area contributed by atoms with Gasteiger partial charge in [-0.25, -0.2) is 4.79 Å². The van der Waals surface area contributed by atoms with Crippen LogP contribution in [-0.2, 0) is 44.4 Å².